The first-order chi connectivity index (χ1) is 18.5. The summed E-state index contributed by atoms with van der Waals surface area (Å²) in [5.41, 5.74) is 4.89. The molecule has 0 amide bonds. The average Bonchev–Trinajstić information content (AvgIpc) is 3.16. The van der Waals surface area contributed by atoms with Gasteiger partial charge in [0.1, 0.15) is 29.6 Å². The van der Waals surface area contributed by atoms with Gasteiger partial charge in [-0.3, -0.25) is 4.98 Å². The second-order valence-electron chi connectivity index (χ2n) is 13.7. The van der Waals surface area contributed by atoms with E-state index in [1.807, 2.05) is 0 Å². The number of hydrogen-bond acceptors (Lipinski definition) is 4. The van der Waals surface area contributed by atoms with Crippen molar-refractivity contribution >= 4 is 11.2 Å². The molecule has 0 bridgehead atoms. The van der Waals surface area contributed by atoms with E-state index in [0.29, 0.717) is 26.1 Å². The van der Waals surface area contributed by atoms with Gasteiger partial charge in [0, 0.05) is 48.6 Å². The first-order valence-electron chi connectivity index (χ1n) is 14.4. The number of aromatic nitrogens is 1. The summed E-state index contributed by atoms with van der Waals surface area (Å²) in [5.74, 6) is 0.120. The molecule has 3 aliphatic rings. The van der Waals surface area contributed by atoms with Crippen LogP contribution in [-0.2, 0) is 43.0 Å². The Labute approximate surface area is 239 Å². The predicted molar refractivity (Wildman–Crippen MR) is 153 cm³/mol. The SMILES string of the molecule is CC(C)c1nc2c(c3c1[C@@H](c1ccc(C(F)(F)F)cc1)OC31CCOCC1)C(O[S+](C)C(C)(C)C)CC(C)(C)C2. The number of rotatable bonds is 4. The molecule has 0 saturated carbocycles. The van der Waals surface area contributed by atoms with Crippen LogP contribution in [0.15, 0.2) is 24.3 Å². The van der Waals surface area contributed by atoms with Gasteiger partial charge in [-0.2, -0.15) is 17.4 Å². The van der Waals surface area contributed by atoms with Crippen LogP contribution in [0.5, 0.6) is 0 Å². The monoisotopic (exact) mass is 578 g/mol. The van der Waals surface area contributed by atoms with E-state index in [0.717, 1.165) is 53.1 Å². The van der Waals surface area contributed by atoms with Crippen molar-refractivity contribution in [1.82, 2.24) is 4.98 Å². The van der Waals surface area contributed by atoms with Crippen LogP contribution in [0.4, 0.5) is 13.2 Å². The molecule has 1 spiro atoms. The molecule has 2 unspecified atom stereocenters. The van der Waals surface area contributed by atoms with Gasteiger partial charge >= 0.3 is 6.18 Å². The number of halogens is 3. The van der Waals surface area contributed by atoms with Gasteiger partial charge in [-0.15, -0.1) is 0 Å². The highest BCUT2D eigenvalue weighted by Gasteiger charge is 2.54. The fourth-order valence-electron chi connectivity index (χ4n) is 6.39. The van der Waals surface area contributed by atoms with Crippen LogP contribution in [0.2, 0.25) is 0 Å². The van der Waals surface area contributed by atoms with Gasteiger partial charge in [0.15, 0.2) is 4.75 Å². The van der Waals surface area contributed by atoms with E-state index in [9.17, 15) is 13.2 Å². The maximum absolute atomic E-state index is 13.4. The molecule has 2 aromatic rings. The smallest absolute Gasteiger partial charge is 0.381 e. The summed E-state index contributed by atoms with van der Waals surface area (Å²) in [4.78, 5) is 5.34. The quantitative estimate of drug-likeness (QED) is 0.342. The topological polar surface area (TPSA) is 40.6 Å². The predicted octanol–water partition coefficient (Wildman–Crippen LogP) is 8.34. The zero-order valence-corrected chi connectivity index (χ0v) is 25.8. The molecular formula is C32H43F3NO3S+. The van der Waals surface area contributed by atoms with Crippen LogP contribution in [0, 0.1) is 5.41 Å². The van der Waals surface area contributed by atoms with Gasteiger partial charge in [0.25, 0.3) is 0 Å². The Morgan fingerprint density at radius 3 is 2.20 bits per heavy atom. The lowest BCUT2D eigenvalue weighted by molar-refractivity contribution is -0.137. The van der Waals surface area contributed by atoms with E-state index < -0.39 is 23.4 Å². The third-order valence-corrected chi connectivity index (χ3v) is 10.9. The molecule has 3 heterocycles. The highest BCUT2D eigenvalue weighted by atomic mass is 32.2. The van der Waals surface area contributed by atoms with E-state index in [4.69, 9.17) is 18.6 Å². The molecule has 4 nitrogen and oxygen atoms in total. The molecule has 1 saturated heterocycles. The highest BCUT2D eigenvalue weighted by molar-refractivity contribution is 7.93. The van der Waals surface area contributed by atoms with Crippen LogP contribution in [0.3, 0.4) is 0 Å². The zero-order chi connectivity index (χ0) is 29.3. The van der Waals surface area contributed by atoms with Gasteiger partial charge < -0.3 is 9.47 Å². The molecule has 5 rings (SSSR count). The maximum atomic E-state index is 13.4. The molecule has 3 atom stereocenters. The molecule has 0 N–H and O–H groups in total. The number of nitrogens with zero attached hydrogens (tertiary/aromatic N) is 1. The van der Waals surface area contributed by atoms with Crippen LogP contribution in [0.25, 0.3) is 0 Å². The van der Waals surface area contributed by atoms with Gasteiger partial charge in [-0.05, 0) is 68.2 Å². The number of hydrogen-bond donors (Lipinski definition) is 0. The van der Waals surface area contributed by atoms with Crippen LogP contribution in [-0.4, -0.2) is 29.2 Å². The lowest BCUT2D eigenvalue weighted by Gasteiger charge is -2.41. The fourth-order valence-corrected chi connectivity index (χ4v) is 7.19. The average molecular weight is 579 g/mol. The van der Waals surface area contributed by atoms with E-state index >= 15 is 0 Å². The molecule has 2 aliphatic heterocycles. The van der Waals surface area contributed by atoms with Gasteiger partial charge in [-0.25, -0.2) is 0 Å². The van der Waals surface area contributed by atoms with Gasteiger partial charge in [0.2, 0.25) is 0 Å². The van der Waals surface area contributed by atoms with Gasteiger partial charge in [0.05, 0.1) is 11.2 Å². The summed E-state index contributed by atoms with van der Waals surface area (Å²) in [6, 6.07) is 5.46. The number of benzene rings is 1. The summed E-state index contributed by atoms with van der Waals surface area (Å²) in [5, 5.41) is 0. The third kappa shape index (κ3) is 5.46. The lowest BCUT2D eigenvalue weighted by atomic mass is 9.70. The Balaban J connectivity index is 1.74. The van der Waals surface area contributed by atoms with E-state index in [1.165, 1.54) is 5.56 Å². The van der Waals surface area contributed by atoms with Gasteiger partial charge in [-0.1, -0.05) is 39.8 Å². The molecule has 1 aliphatic carbocycles. The Bertz CT molecular complexity index is 1240. The summed E-state index contributed by atoms with van der Waals surface area (Å²) in [6.45, 7) is 16.6. The normalized spacial score (nSPS) is 24.7. The number of fused-ring (bicyclic) bond motifs is 4. The van der Waals surface area contributed by atoms with Crippen LogP contribution in [0.1, 0.15) is 125 Å². The Morgan fingerprint density at radius 1 is 1.02 bits per heavy atom. The molecule has 0 radical (unpaired) electrons. The molecular weight excluding hydrogens is 535 g/mol. The molecule has 1 aromatic heterocycles. The minimum Gasteiger partial charge on any atom is -0.381 e. The molecule has 8 heteroatoms. The first-order valence-corrected chi connectivity index (χ1v) is 15.9. The molecule has 220 valence electrons. The molecule has 1 fully saturated rings. The second-order valence-corrected chi connectivity index (χ2v) is 16.0. The summed E-state index contributed by atoms with van der Waals surface area (Å²) >= 11 is -0.308. The van der Waals surface area contributed by atoms with Crippen molar-refractivity contribution in [2.45, 2.75) is 109 Å². The molecule has 40 heavy (non-hydrogen) atoms. The maximum Gasteiger partial charge on any atom is 0.416 e. The zero-order valence-electron chi connectivity index (χ0n) is 25.0. The standard InChI is InChI=1S/C32H43F3NO3S/c1-19(2)27-25-26(24-22(36-27)17-30(6,7)18-23(24)39-40(8)29(3,4)5)31(13-15-37-16-14-31)38-28(25)20-9-11-21(12-10-20)32(33,34)35/h9-12,19,23,28H,13-18H2,1-8H3/q+1/t23?,28-,40?/m1/s1. The highest BCUT2D eigenvalue weighted by Crippen LogP contribution is 2.58. The van der Waals surface area contributed by atoms with E-state index in [1.54, 1.807) is 12.1 Å². The van der Waals surface area contributed by atoms with Crippen molar-refractivity contribution in [1.29, 1.82) is 0 Å². The molecule has 1 aromatic carbocycles. The van der Waals surface area contributed by atoms with Crippen LogP contribution >= 0.6 is 0 Å². The van der Waals surface area contributed by atoms with E-state index in [2.05, 4.69) is 54.7 Å². The van der Waals surface area contributed by atoms with Crippen molar-refractivity contribution in [3.8, 4) is 0 Å². The number of alkyl halides is 3. The fraction of sp³-hybridized carbons (Fsp3) is 0.656. The summed E-state index contributed by atoms with van der Waals surface area (Å²) in [7, 11) is 0. The van der Waals surface area contributed by atoms with Crippen molar-refractivity contribution in [3.05, 3.63) is 63.5 Å². The first kappa shape index (κ1) is 29.9. The van der Waals surface area contributed by atoms with Crippen molar-refractivity contribution in [2.24, 2.45) is 5.41 Å². The summed E-state index contributed by atoms with van der Waals surface area (Å²) in [6.07, 6.45) is 0.257. The minimum atomic E-state index is -4.39. The third-order valence-electron chi connectivity index (χ3n) is 8.66. The van der Waals surface area contributed by atoms with Crippen LogP contribution < -0.4 is 0 Å². The Kier molecular flexibility index (Phi) is 7.68. The van der Waals surface area contributed by atoms with Crippen molar-refractivity contribution in [2.75, 3.05) is 19.5 Å². The number of ether oxygens (including phenoxy) is 2. The van der Waals surface area contributed by atoms with E-state index in [-0.39, 0.29) is 33.4 Å². The largest absolute Gasteiger partial charge is 0.416 e. The number of pyridine rings is 1. The van der Waals surface area contributed by atoms with Crippen molar-refractivity contribution in [3.63, 3.8) is 0 Å². The summed E-state index contributed by atoms with van der Waals surface area (Å²) < 4.78 is 60.0. The Morgan fingerprint density at radius 2 is 1.65 bits per heavy atom. The minimum absolute atomic E-state index is 0.00808. The van der Waals surface area contributed by atoms with Crippen molar-refractivity contribution < 1.29 is 26.8 Å². The lowest BCUT2D eigenvalue weighted by Crippen LogP contribution is -2.39. The second kappa shape index (κ2) is 10.3. The Hall–Kier alpha value is -1.61.